The number of carbonyl (C=O) groups excluding carboxylic acids is 2. The van der Waals surface area contributed by atoms with Gasteiger partial charge in [0.1, 0.15) is 5.69 Å². The minimum absolute atomic E-state index is 0.0210. The second-order valence-corrected chi connectivity index (χ2v) is 5.82. The van der Waals surface area contributed by atoms with Gasteiger partial charge in [0, 0.05) is 23.5 Å². The second kappa shape index (κ2) is 7.93. The number of hydrogen-bond acceptors (Lipinski definition) is 3. The van der Waals surface area contributed by atoms with E-state index in [2.05, 4.69) is 22.5 Å². The quantitative estimate of drug-likeness (QED) is 0.682. The molecule has 0 saturated carbocycles. The molecule has 0 unspecified atom stereocenters. The highest BCUT2D eigenvalue weighted by Crippen LogP contribution is 2.21. The molecule has 0 fully saturated rings. The molecule has 0 radical (unpaired) electrons. The Kier molecular flexibility index (Phi) is 5.93. The molecule has 1 heterocycles. The largest absolute Gasteiger partial charge is 0.354 e. The van der Waals surface area contributed by atoms with Crippen molar-refractivity contribution in [3.63, 3.8) is 0 Å². The van der Waals surface area contributed by atoms with Gasteiger partial charge in [-0.25, -0.2) is 0 Å². The molecule has 128 valence electrons. The van der Waals surface area contributed by atoms with Crippen molar-refractivity contribution >= 4 is 17.4 Å². The fourth-order valence-electron chi connectivity index (χ4n) is 2.92. The summed E-state index contributed by atoms with van der Waals surface area (Å²) in [7, 11) is 0. The van der Waals surface area contributed by atoms with Gasteiger partial charge in [-0.05, 0) is 50.1 Å². The van der Waals surface area contributed by atoms with E-state index in [0.29, 0.717) is 17.7 Å². The van der Waals surface area contributed by atoms with Gasteiger partial charge in [-0.3, -0.25) is 9.59 Å². The number of amides is 1. The molecule has 0 aliphatic rings. The summed E-state index contributed by atoms with van der Waals surface area (Å²) in [5, 5.41) is 6.18. The third kappa shape index (κ3) is 3.92. The van der Waals surface area contributed by atoms with Gasteiger partial charge >= 0.3 is 0 Å². The third-order valence-corrected chi connectivity index (χ3v) is 3.99. The molecule has 2 aromatic rings. The smallest absolute Gasteiger partial charge is 0.272 e. The predicted octanol–water partition coefficient (Wildman–Crippen LogP) is 3.45. The van der Waals surface area contributed by atoms with E-state index in [1.54, 1.807) is 0 Å². The molecule has 0 aliphatic carbocycles. The summed E-state index contributed by atoms with van der Waals surface area (Å²) in [5.74, 6) is -0.240. The van der Waals surface area contributed by atoms with E-state index in [9.17, 15) is 9.59 Å². The van der Waals surface area contributed by atoms with Crippen LogP contribution in [-0.4, -0.2) is 23.2 Å². The van der Waals surface area contributed by atoms with E-state index < -0.39 is 0 Å². The van der Waals surface area contributed by atoms with Crippen molar-refractivity contribution in [2.75, 3.05) is 11.9 Å². The number of aromatic nitrogens is 1. The number of nitrogens with one attached hydrogen (secondary N) is 3. The molecule has 0 spiro atoms. The van der Waals surface area contributed by atoms with Crippen LogP contribution in [0.25, 0.3) is 0 Å². The van der Waals surface area contributed by atoms with Crippen LogP contribution in [0, 0.1) is 6.92 Å². The van der Waals surface area contributed by atoms with Gasteiger partial charge in [0.25, 0.3) is 5.91 Å². The van der Waals surface area contributed by atoms with E-state index in [-0.39, 0.29) is 11.7 Å². The first-order valence-corrected chi connectivity index (χ1v) is 8.31. The third-order valence-electron chi connectivity index (χ3n) is 3.99. The minimum atomic E-state index is -0.219. The molecule has 1 amide bonds. The minimum Gasteiger partial charge on any atom is -0.354 e. The fourth-order valence-corrected chi connectivity index (χ4v) is 2.92. The van der Waals surface area contributed by atoms with Gasteiger partial charge in [0.2, 0.25) is 0 Å². The van der Waals surface area contributed by atoms with E-state index in [1.807, 2.05) is 38.1 Å². The zero-order valence-electron chi connectivity index (χ0n) is 14.7. The van der Waals surface area contributed by atoms with Crippen molar-refractivity contribution in [3.8, 4) is 0 Å². The van der Waals surface area contributed by atoms with Crippen LogP contribution in [0.3, 0.4) is 0 Å². The standard InChI is InChI=1S/C19H25N3O2/c1-5-16-17(13(4)23)12(3)21-18(16)19(24)22-15-9-7-8-14(10-15)11-20-6-2/h7-10,20-21H,5-6,11H2,1-4H3,(H,22,24). The molecule has 3 N–H and O–H groups in total. The molecule has 2 rings (SSSR count). The van der Waals surface area contributed by atoms with E-state index in [4.69, 9.17) is 0 Å². The molecule has 5 heteroatoms. The number of ketones is 1. The van der Waals surface area contributed by atoms with E-state index >= 15 is 0 Å². The Morgan fingerprint density at radius 2 is 1.96 bits per heavy atom. The van der Waals surface area contributed by atoms with Gasteiger partial charge < -0.3 is 15.6 Å². The summed E-state index contributed by atoms with van der Waals surface area (Å²) in [6.45, 7) is 9.01. The van der Waals surface area contributed by atoms with Crippen LogP contribution >= 0.6 is 0 Å². The molecular weight excluding hydrogens is 302 g/mol. The first-order valence-electron chi connectivity index (χ1n) is 8.31. The normalized spacial score (nSPS) is 10.7. The Morgan fingerprint density at radius 3 is 2.58 bits per heavy atom. The highest BCUT2D eigenvalue weighted by Gasteiger charge is 2.21. The number of carbonyl (C=O) groups is 2. The van der Waals surface area contributed by atoms with Crippen LogP contribution in [0.2, 0.25) is 0 Å². The summed E-state index contributed by atoms with van der Waals surface area (Å²) in [6, 6.07) is 7.75. The predicted molar refractivity (Wildman–Crippen MR) is 96.7 cm³/mol. The average Bonchev–Trinajstić information content (AvgIpc) is 2.90. The van der Waals surface area contributed by atoms with E-state index in [1.165, 1.54) is 6.92 Å². The molecule has 1 aromatic carbocycles. The maximum atomic E-state index is 12.6. The van der Waals surface area contributed by atoms with Crippen molar-refractivity contribution in [1.82, 2.24) is 10.3 Å². The van der Waals surface area contributed by atoms with Gasteiger partial charge in [-0.2, -0.15) is 0 Å². The molecule has 5 nitrogen and oxygen atoms in total. The molecular formula is C19H25N3O2. The van der Waals surface area contributed by atoms with Crippen LogP contribution in [0.1, 0.15) is 58.4 Å². The average molecular weight is 327 g/mol. The highest BCUT2D eigenvalue weighted by molar-refractivity contribution is 6.07. The molecule has 0 bridgehead atoms. The molecule has 1 aromatic heterocycles. The number of aromatic amines is 1. The van der Waals surface area contributed by atoms with Crippen LogP contribution in [-0.2, 0) is 13.0 Å². The first kappa shape index (κ1) is 17.9. The number of H-pyrrole nitrogens is 1. The maximum absolute atomic E-state index is 12.6. The Balaban J connectivity index is 2.24. The number of aryl methyl sites for hydroxylation is 1. The van der Waals surface area contributed by atoms with Gasteiger partial charge in [0.05, 0.1) is 0 Å². The Hall–Kier alpha value is -2.40. The Labute approximate surface area is 142 Å². The number of rotatable bonds is 7. The fraction of sp³-hybridized carbons (Fsp3) is 0.368. The summed E-state index contributed by atoms with van der Waals surface area (Å²) >= 11 is 0. The number of anilines is 1. The highest BCUT2D eigenvalue weighted by atomic mass is 16.2. The number of Topliss-reactive ketones (excluding diaryl/α,β-unsaturated/α-hetero) is 1. The summed E-state index contributed by atoms with van der Waals surface area (Å²) in [6.07, 6.45) is 0.627. The van der Waals surface area contributed by atoms with Crippen molar-refractivity contribution in [2.24, 2.45) is 0 Å². The SMILES string of the molecule is CCNCc1cccc(NC(=O)c2[nH]c(C)c(C(C)=O)c2CC)c1. The van der Waals surface area contributed by atoms with Crippen molar-refractivity contribution in [3.05, 3.63) is 52.3 Å². The molecule has 24 heavy (non-hydrogen) atoms. The van der Waals surface area contributed by atoms with Crippen LogP contribution in [0.5, 0.6) is 0 Å². The number of hydrogen-bond donors (Lipinski definition) is 3. The summed E-state index contributed by atoms with van der Waals surface area (Å²) in [4.78, 5) is 27.5. The summed E-state index contributed by atoms with van der Waals surface area (Å²) in [5.41, 5.74) is 4.47. The maximum Gasteiger partial charge on any atom is 0.272 e. The second-order valence-electron chi connectivity index (χ2n) is 5.82. The topological polar surface area (TPSA) is 74.0 Å². The lowest BCUT2D eigenvalue weighted by Gasteiger charge is -2.08. The van der Waals surface area contributed by atoms with Gasteiger partial charge in [0.15, 0.2) is 5.78 Å². The van der Waals surface area contributed by atoms with Crippen LogP contribution in [0.4, 0.5) is 5.69 Å². The van der Waals surface area contributed by atoms with Crippen molar-refractivity contribution in [2.45, 2.75) is 40.7 Å². The lowest BCUT2D eigenvalue weighted by atomic mass is 10.0. The summed E-state index contributed by atoms with van der Waals surface area (Å²) < 4.78 is 0. The lowest BCUT2D eigenvalue weighted by Crippen LogP contribution is -2.16. The zero-order valence-corrected chi connectivity index (χ0v) is 14.7. The monoisotopic (exact) mass is 327 g/mol. The number of benzene rings is 1. The van der Waals surface area contributed by atoms with Crippen molar-refractivity contribution in [1.29, 1.82) is 0 Å². The van der Waals surface area contributed by atoms with Crippen molar-refractivity contribution < 1.29 is 9.59 Å². The molecule has 0 saturated heterocycles. The van der Waals surface area contributed by atoms with Crippen LogP contribution < -0.4 is 10.6 Å². The van der Waals surface area contributed by atoms with Gasteiger partial charge in [-0.15, -0.1) is 0 Å². The van der Waals surface area contributed by atoms with Crippen LogP contribution in [0.15, 0.2) is 24.3 Å². The Bertz CT molecular complexity index is 747. The molecule has 0 aliphatic heterocycles. The zero-order chi connectivity index (χ0) is 17.7. The van der Waals surface area contributed by atoms with E-state index in [0.717, 1.165) is 35.6 Å². The first-order chi connectivity index (χ1) is 11.5. The lowest BCUT2D eigenvalue weighted by molar-refractivity contribution is 0.101. The Morgan fingerprint density at radius 1 is 1.21 bits per heavy atom. The van der Waals surface area contributed by atoms with Gasteiger partial charge in [-0.1, -0.05) is 26.0 Å². The molecule has 0 atom stereocenters.